The highest BCUT2D eigenvalue weighted by Gasteiger charge is 2.53. The predicted molar refractivity (Wildman–Crippen MR) is 47.5 cm³/mol. The van der Waals surface area contributed by atoms with Crippen molar-refractivity contribution in [1.82, 2.24) is 5.32 Å². The van der Waals surface area contributed by atoms with Crippen molar-refractivity contribution in [3.8, 4) is 0 Å². The normalized spacial score (nSPS) is 13.3. The second-order valence-corrected chi connectivity index (χ2v) is 3.14. The Hall–Kier alpha value is -1.28. The molecule has 0 amide bonds. The second-order valence-electron chi connectivity index (χ2n) is 2.44. The number of hydrogen-bond acceptors (Lipinski definition) is 5. The van der Waals surface area contributed by atoms with Gasteiger partial charge in [0.2, 0.25) is 4.75 Å². The molecule has 0 aliphatic heterocycles. The Bertz CT molecular complexity index is 263. The van der Waals surface area contributed by atoms with Crippen LogP contribution in [0.4, 0.5) is 0 Å². The molecule has 0 saturated heterocycles. The average Bonchev–Trinajstić information content (AvgIpc) is 2.03. The summed E-state index contributed by atoms with van der Waals surface area (Å²) in [5.41, 5.74) is 0. The highest BCUT2D eigenvalue weighted by Crippen LogP contribution is 2.20. The van der Waals surface area contributed by atoms with Gasteiger partial charge in [-0.05, 0) is 7.05 Å². The van der Waals surface area contributed by atoms with Gasteiger partial charge in [-0.1, -0.05) is 0 Å². The number of carboxylic acid groups (broad SMARTS) is 3. The van der Waals surface area contributed by atoms with Gasteiger partial charge in [-0.2, -0.15) is 0 Å². The van der Waals surface area contributed by atoms with E-state index in [1.54, 1.807) is 0 Å². The summed E-state index contributed by atoms with van der Waals surface area (Å²) in [5.74, 6) is -5.28. The van der Waals surface area contributed by atoms with Crippen LogP contribution >= 0.6 is 12.6 Å². The Kier molecular flexibility index (Phi) is 3.90. The first-order valence-electron chi connectivity index (χ1n) is 3.37. The number of aliphatic carboxylic acids is 3. The van der Waals surface area contributed by atoms with Crippen LogP contribution < -0.4 is 5.32 Å². The van der Waals surface area contributed by atoms with E-state index in [1.165, 1.54) is 0 Å². The number of carbonyl (C=O) groups is 3. The smallest absolute Gasteiger partial charge is 0.333 e. The standard InChI is InChI=1S/C6H9NO6S/c1-7-2(3(8)9)6(14,4(10)11)5(12)13/h2,7,14H,1H3,(H,8,9)(H,10,11)(H,12,13)/t2-/m1/s1. The van der Waals surface area contributed by atoms with E-state index in [1.807, 2.05) is 0 Å². The van der Waals surface area contributed by atoms with E-state index in [4.69, 9.17) is 15.3 Å². The Morgan fingerprint density at radius 3 is 1.64 bits per heavy atom. The van der Waals surface area contributed by atoms with Crippen LogP contribution in [0, 0.1) is 0 Å². The Morgan fingerprint density at radius 1 is 1.21 bits per heavy atom. The van der Waals surface area contributed by atoms with Gasteiger partial charge >= 0.3 is 17.9 Å². The summed E-state index contributed by atoms with van der Waals surface area (Å²) in [6.07, 6.45) is 0. The zero-order chi connectivity index (χ0) is 11.5. The van der Waals surface area contributed by atoms with Crippen LogP contribution in [0.3, 0.4) is 0 Å². The molecular formula is C6H9NO6S. The molecule has 8 heteroatoms. The van der Waals surface area contributed by atoms with E-state index in [9.17, 15) is 14.4 Å². The molecule has 0 unspecified atom stereocenters. The number of nitrogens with one attached hydrogen (secondary N) is 1. The third-order valence-electron chi connectivity index (χ3n) is 1.61. The minimum Gasteiger partial charge on any atom is -0.480 e. The van der Waals surface area contributed by atoms with Gasteiger partial charge in [0.05, 0.1) is 0 Å². The molecule has 0 saturated carbocycles. The zero-order valence-corrected chi connectivity index (χ0v) is 7.99. The van der Waals surface area contributed by atoms with Gasteiger partial charge in [-0.3, -0.25) is 14.4 Å². The molecule has 0 rings (SSSR count). The van der Waals surface area contributed by atoms with E-state index in [0.29, 0.717) is 0 Å². The van der Waals surface area contributed by atoms with Crippen molar-refractivity contribution in [2.75, 3.05) is 7.05 Å². The average molecular weight is 223 g/mol. The molecule has 0 aromatic carbocycles. The third-order valence-corrected chi connectivity index (χ3v) is 2.25. The first-order valence-corrected chi connectivity index (χ1v) is 3.82. The highest BCUT2D eigenvalue weighted by molar-refractivity contribution is 7.83. The molecule has 7 nitrogen and oxygen atoms in total. The predicted octanol–water partition coefficient (Wildman–Crippen LogP) is -1.50. The monoisotopic (exact) mass is 223 g/mol. The summed E-state index contributed by atoms with van der Waals surface area (Å²) in [5, 5.41) is 27.8. The first kappa shape index (κ1) is 12.7. The largest absolute Gasteiger partial charge is 0.480 e. The molecule has 0 aromatic heterocycles. The number of hydrogen-bond donors (Lipinski definition) is 5. The lowest BCUT2D eigenvalue weighted by atomic mass is 9.99. The van der Waals surface area contributed by atoms with Crippen LogP contribution in [-0.2, 0) is 14.4 Å². The lowest BCUT2D eigenvalue weighted by Gasteiger charge is -2.25. The van der Waals surface area contributed by atoms with Gasteiger partial charge in [0.1, 0.15) is 6.04 Å². The maximum atomic E-state index is 10.6. The zero-order valence-electron chi connectivity index (χ0n) is 7.09. The van der Waals surface area contributed by atoms with Crippen molar-refractivity contribution in [3.05, 3.63) is 0 Å². The van der Waals surface area contributed by atoms with Crippen molar-refractivity contribution < 1.29 is 29.7 Å². The molecule has 14 heavy (non-hydrogen) atoms. The molecule has 0 aromatic rings. The van der Waals surface area contributed by atoms with E-state index in [-0.39, 0.29) is 0 Å². The maximum Gasteiger partial charge on any atom is 0.333 e. The van der Waals surface area contributed by atoms with Gasteiger partial charge in [-0.25, -0.2) is 0 Å². The molecular weight excluding hydrogens is 214 g/mol. The molecule has 0 aliphatic carbocycles. The number of rotatable bonds is 5. The van der Waals surface area contributed by atoms with Gasteiger partial charge in [0, 0.05) is 0 Å². The van der Waals surface area contributed by atoms with E-state index in [0.717, 1.165) is 7.05 Å². The van der Waals surface area contributed by atoms with Gasteiger partial charge in [-0.15, -0.1) is 12.6 Å². The van der Waals surface area contributed by atoms with Crippen LogP contribution in [0.25, 0.3) is 0 Å². The fourth-order valence-electron chi connectivity index (χ4n) is 0.849. The van der Waals surface area contributed by atoms with E-state index < -0.39 is 28.7 Å². The fraction of sp³-hybridized carbons (Fsp3) is 0.500. The number of carboxylic acids is 3. The number of likely N-dealkylation sites (N-methyl/N-ethyl adjacent to an activating group) is 1. The van der Waals surface area contributed by atoms with Crippen molar-refractivity contribution in [3.63, 3.8) is 0 Å². The van der Waals surface area contributed by atoms with Crippen LogP contribution in [0.5, 0.6) is 0 Å². The van der Waals surface area contributed by atoms with Crippen LogP contribution in [0.15, 0.2) is 0 Å². The summed E-state index contributed by atoms with van der Waals surface area (Å²) < 4.78 is -2.69. The van der Waals surface area contributed by atoms with Gasteiger partial charge in [0.25, 0.3) is 0 Å². The van der Waals surface area contributed by atoms with Crippen molar-refractivity contribution in [2.45, 2.75) is 10.8 Å². The molecule has 0 aliphatic rings. The maximum absolute atomic E-state index is 10.6. The minimum atomic E-state index is -2.69. The van der Waals surface area contributed by atoms with Crippen LogP contribution in [0.1, 0.15) is 0 Å². The van der Waals surface area contributed by atoms with Crippen LogP contribution in [0.2, 0.25) is 0 Å². The third kappa shape index (κ3) is 1.96. The second kappa shape index (κ2) is 4.29. The summed E-state index contributed by atoms with van der Waals surface area (Å²) in [6.45, 7) is 0. The first-order chi connectivity index (χ1) is 6.28. The summed E-state index contributed by atoms with van der Waals surface area (Å²) in [7, 11) is 1.13. The molecule has 0 heterocycles. The molecule has 80 valence electrons. The molecule has 1 atom stereocenters. The SMILES string of the molecule is CN[C@H](C(=O)O)C(S)(C(=O)O)C(=O)O. The lowest BCUT2D eigenvalue weighted by molar-refractivity contribution is -0.158. The summed E-state index contributed by atoms with van der Waals surface area (Å²) in [4.78, 5) is 31.8. The Balaban J connectivity index is 5.28. The Labute approximate surface area is 84.1 Å². The molecule has 0 bridgehead atoms. The van der Waals surface area contributed by atoms with Gasteiger partial charge < -0.3 is 20.6 Å². The molecule has 0 spiro atoms. The van der Waals surface area contributed by atoms with Crippen molar-refractivity contribution >= 4 is 30.5 Å². The van der Waals surface area contributed by atoms with Crippen molar-refractivity contribution in [2.24, 2.45) is 0 Å². The molecule has 0 radical (unpaired) electrons. The van der Waals surface area contributed by atoms with Crippen LogP contribution in [-0.4, -0.2) is 51.1 Å². The van der Waals surface area contributed by atoms with E-state index >= 15 is 0 Å². The molecule has 4 N–H and O–H groups in total. The van der Waals surface area contributed by atoms with E-state index in [2.05, 4.69) is 17.9 Å². The molecule has 0 fully saturated rings. The Morgan fingerprint density at radius 2 is 1.57 bits per heavy atom. The summed E-state index contributed by atoms with van der Waals surface area (Å²) >= 11 is 3.38. The number of thiol groups is 1. The minimum absolute atomic E-state index is 1.13. The topological polar surface area (TPSA) is 124 Å². The highest BCUT2D eigenvalue weighted by atomic mass is 32.1. The summed E-state index contributed by atoms with van der Waals surface area (Å²) in [6, 6.07) is -1.82. The van der Waals surface area contributed by atoms with Crippen molar-refractivity contribution in [1.29, 1.82) is 0 Å². The lowest BCUT2D eigenvalue weighted by Crippen LogP contribution is -2.60. The fourth-order valence-corrected chi connectivity index (χ4v) is 1.09. The quantitative estimate of drug-likeness (QED) is 0.283. The van der Waals surface area contributed by atoms with Gasteiger partial charge in [0.15, 0.2) is 0 Å².